The van der Waals surface area contributed by atoms with E-state index in [9.17, 15) is 13.2 Å². The third-order valence-electron chi connectivity index (χ3n) is 2.01. The summed E-state index contributed by atoms with van der Waals surface area (Å²) in [6.45, 7) is 0. The number of anilines is 1. The summed E-state index contributed by atoms with van der Waals surface area (Å²) in [6.07, 6.45) is 1.40. The fourth-order valence-corrected chi connectivity index (χ4v) is 1.18. The fourth-order valence-electron chi connectivity index (χ4n) is 1.18. The van der Waals surface area contributed by atoms with Crippen LogP contribution >= 0.6 is 0 Å². The van der Waals surface area contributed by atoms with E-state index in [1.165, 1.54) is 12.3 Å². The normalized spacial score (nSPS) is 10.3. The predicted octanol–water partition coefficient (Wildman–Crippen LogP) is 2.87. The van der Waals surface area contributed by atoms with Gasteiger partial charge in [0.25, 0.3) is 0 Å². The maximum atomic E-state index is 13.4. The number of hydrogen-bond donors (Lipinski definition) is 1. The number of nitrogens with zero attached hydrogens (tertiary/aromatic N) is 1. The summed E-state index contributed by atoms with van der Waals surface area (Å²) < 4.78 is 44.5. The Morgan fingerprint density at radius 2 is 1.88 bits per heavy atom. The van der Waals surface area contributed by atoms with Gasteiger partial charge in [0.2, 0.25) is 11.7 Å². The summed E-state index contributed by atoms with van der Waals surface area (Å²) in [6, 6.07) is 5.30. The fraction of sp³-hybridized carbons (Fsp3) is 0. The van der Waals surface area contributed by atoms with Crippen LogP contribution in [0.2, 0.25) is 0 Å². The average Bonchev–Trinajstić information content (AvgIpc) is 2.35. The van der Waals surface area contributed by atoms with Crippen LogP contribution in [0.1, 0.15) is 0 Å². The quantitative estimate of drug-likeness (QED) is 0.648. The number of rotatable bonds is 2. The van der Waals surface area contributed by atoms with Crippen molar-refractivity contribution in [2.75, 3.05) is 5.73 Å². The highest BCUT2D eigenvalue weighted by atomic mass is 19.2. The van der Waals surface area contributed by atoms with Gasteiger partial charge in [0.15, 0.2) is 17.4 Å². The summed E-state index contributed by atoms with van der Waals surface area (Å²) >= 11 is 0. The molecule has 0 saturated heterocycles. The van der Waals surface area contributed by atoms with Crippen molar-refractivity contribution >= 4 is 5.69 Å². The molecule has 0 saturated carbocycles. The molecule has 2 aromatic rings. The van der Waals surface area contributed by atoms with Crippen molar-refractivity contribution in [1.82, 2.24) is 4.98 Å². The van der Waals surface area contributed by atoms with Gasteiger partial charge in [-0.15, -0.1) is 0 Å². The monoisotopic (exact) mass is 240 g/mol. The summed E-state index contributed by atoms with van der Waals surface area (Å²) in [4.78, 5) is 3.73. The van der Waals surface area contributed by atoms with Crippen molar-refractivity contribution in [1.29, 1.82) is 0 Å². The number of halogens is 3. The molecule has 0 fully saturated rings. The van der Waals surface area contributed by atoms with Crippen molar-refractivity contribution < 1.29 is 17.9 Å². The maximum absolute atomic E-state index is 13.4. The van der Waals surface area contributed by atoms with E-state index in [-0.39, 0.29) is 5.88 Å². The Kier molecular flexibility index (Phi) is 2.86. The Labute approximate surface area is 94.7 Å². The molecule has 1 aromatic heterocycles. The minimum absolute atomic E-state index is 0.0231. The predicted molar refractivity (Wildman–Crippen MR) is 55.0 cm³/mol. The molecule has 88 valence electrons. The Morgan fingerprint density at radius 3 is 2.53 bits per heavy atom. The Hall–Kier alpha value is -2.24. The molecule has 0 radical (unpaired) electrons. The lowest BCUT2D eigenvalue weighted by atomic mass is 10.2. The van der Waals surface area contributed by atoms with Crippen molar-refractivity contribution in [2.24, 2.45) is 0 Å². The molecule has 0 spiro atoms. The molecule has 2 rings (SSSR count). The second-order valence-electron chi connectivity index (χ2n) is 3.17. The first-order valence-corrected chi connectivity index (χ1v) is 4.61. The van der Waals surface area contributed by atoms with Gasteiger partial charge in [0, 0.05) is 18.3 Å². The van der Waals surface area contributed by atoms with E-state index in [1.807, 2.05) is 0 Å². The highest BCUT2D eigenvalue weighted by molar-refractivity contribution is 5.47. The van der Waals surface area contributed by atoms with E-state index in [0.29, 0.717) is 6.07 Å². The first-order chi connectivity index (χ1) is 8.09. The lowest BCUT2D eigenvalue weighted by Crippen LogP contribution is -2.01. The van der Waals surface area contributed by atoms with Crippen molar-refractivity contribution in [3.05, 3.63) is 47.9 Å². The molecule has 0 aliphatic carbocycles. The number of hydrogen-bond acceptors (Lipinski definition) is 3. The second kappa shape index (κ2) is 4.32. The van der Waals surface area contributed by atoms with Crippen LogP contribution in [0.3, 0.4) is 0 Å². The van der Waals surface area contributed by atoms with E-state index in [4.69, 9.17) is 10.5 Å². The van der Waals surface area contributed by atoms with Crippen molar-refractivity contribution in [3.63, 3.8) is 0 Å². The van der Waals surface area contributed by atoms with E-state index >= 15 is 0 Å². The van der Waals surface area contributed by atoms with Gasteiger partial charge in [-0.3, -0.25) is 0 Å². The summed E-state index contributed by atoms with van der Waals surface area (Å²) in [5, 5.41) is 0. The highest BCUT2D eigenvalue weighted by Gasteiger charge is 2.18. The van der Waals surface area contributed by atoms with Crippen LogP contribution in [-0.2, 0) is 0 Å². The van der Waals surface area contributed by atoms with Gasteiger partial charge in [0.1, 0.15) is 5.69 Å². The van der Waals surface area contributed by atoms with Crippen molar-refractivity contribution in [2.45, 2.75) is 0 Å². The van der Waals surface area contributed by atoms with Crippen LogP contribution in [0.4, 0.5) is 18.9 Å². The third-order valence-corrected chi connectivity index (χ3v) is 2.01. The zero-order valence-electron chi connectivity index (χ0n) is 8.45. The highest BCUT2D eigenvalue weighted by Crippen LogP contribution is 2.29. The molecular weight excluding hydrogens is 233 g/mol. The van der Waals surface area contributed by atoms with E-state index < -0.39 is 28.9 Å². The SMILES string of the molecule is Nc1c(F)cc(Oc2ccccn2)c(F)c1F. The molecule has 0 atom stereocenters. The van der Waals surface area contributed by atoms with Crippen LogP contribution in [0.5, 0.6) is 11.6 Å². The van der Waals surface area contributed by atoms with Crippen LogP contribution < -0.4 is 10.5 Å². The van der Waals surface area contributed by atoms with Gasteiger partial charge < -0.3 is 10.5 Å². The van der Waals surface area contributed by atoms with Crippen LogP contribution in [0.25, 0.3) is 0 Å². The third kappa shape index (κ3) is 2.15. The molecule has 1 aromatic carbocycles. The molecule has 0 bridgehead atoms. The standard InChI is InChI=1S/C11H7F3N2O/c12-6-5-7(9(13)10(14)11(6)15)17-8-3-1-2-4-16-8/h1-5H,15H2. The zero-order chi connectivity index (χ0) is 12.4. The molecule has 1 heterocycles. The summed E-state index contributed by atoms with van der Waals surface area (Å²) in [7, 11) is 0. The molecule has 6 heteroatoms. The van der Waals surface area contributed by atoms with Gasteiger partial charge in [-0.2, -0.15) is 4.39 Å². The second-order valence-corrected chi connectivity index (χ2v) is 3.17. The Balaban J connectivity index is 2.41. The molecule has 0 aliphatic heterocycles. The Bertz CT molecular complexity index is 546. The number of aromatic nitrogens is 1. The maximum Gasteiger partial charge on any atom is 0.219 e. The molecule has 3 nitrogen and oxygen atoms in total. The van der Waals surface area contributed by atoms with E-state index in [1.54, 1.807) is 12.1 Å². The van der Waals surface area contributed by atoms with Gasteiger partial charge in [-0.25, -0.2) is 13.8 Å². The van der Waals surface area contributed by atoms with Crippen LogP contribution in [0.15, 0.2) is 30.5 Å². The van der Waals surface area contributed by atoms with Gasteiger partial charge in [-0.05, 0) is 6.07 Å². The lowest BCUT2D eigenvalue weighted by molar-refractivity contribution is 0.400. The van der Waals surface area contributed by atoms with Gasteiger partial charge >= 0.3 is 0 Å². The average molecular weight is 240 g/mol. The first kappa shape index (κ1) is 11.3. The summed E-state index contributed by atoms with van der Waals surface area (Å²) in [5.41, 5.74) is 4.10. The molecular formula is C11H7F3N2O. The molecule has 2 N–H and O–H groups in total. The number of pyridine rings is 1. The van der Waals surface area contributed by atoms with Gasteiger partial charge in [0.05, 0.1) is 0 Å². The minimum Gasteiger partial charge on any atom is -0.436 e. The number of nitrogens with two attached hydrogens (primary N) is 1. The van der Waals surface area contributed by atoms with Crippen molar-refractivity contribution in [3.8, 4) is 11.6 Å². The van der Waals surface area contributed by atoms with Crippen LogP contribution in [-0.4, -0.2) is 4.98 Å². The largest absolute Gasteiger partial charge is 0.436 e. The number of nitrogen functional groups attached to an aromatic ring is 1. The summed E-state index contributed by atoms with van der Waals surface area (Å²) in [5.74, 6) is -4.50. The number of benzene rings is 1. The smallest absolute Gasteiger partial charge is 0.219 e. The Morgan fingerprint density at radius 1 is 1.12 bits per heavy atom. The molecule has 0 aliphatic rings. The first-order valence-electron chi connectivity index (χ1n) is 4.61. The molecule has 0 amide bonds. The number of ether oxygens (including phenoxy) is 1. The topological polar surface area (TPSA) is 48.1 Å². The molecule has 17 heavy (non-hydrogen) atoms. The van der Waals surface area contributed by atoms with E-state index in [2.05, 4.69) is 4.98 Å². The van der Waals surface area contributed by atoms with E-state index in [0.717, 1.165) is 0 Å². The lowest BCUT2D eigenvalue weighted by Gasteiger charge is -2.08. The van der Waals surface area contributed by atoms with Crippen LogP contribution in [0, 0.1) is 17.5 Å². The molecule has 0 unspecified atom stereocenters. The zero-order valence-corrected chi connectivity index (χ0v) is 8.45. The minimum atomic E-state index is -1.48. The van der Waals surface area contributed by atoms with Gasteiger partial charge in [-0.1, -0.05) is 6.07 Å².